The number of nitrogens with one attached hydrogen (secondary N) is 1. The first-order valence-electron chi connectivity index (χ1n) is 4.56. The lowest BCUT2D eigenvalue weighted by Crippen LogP contribution is -2.33. The molecule has 1 rings (SSSR count). The van der Waals surface area contributed by atoms with Crippen molar-refractivity contribution in [2.24, 2.45) is 0 Å². The lowest BCUT2D eigenvalue weighted by Gasteiger charge is -2.16. The maximum absolute atomic E-state index is 11.4. The molecule has 4 heteroatoms. The largest absolute Gasteiger partial charge is 0.469 e. The summed E-state index contributed by atoms with van der Waals surface area (Å²) in [5, 5.41) is 2.83. The molecule has 0 aliphatic heterocycles. The Morgan fingerprint density at radius 3 is 2.86 bits per heavy atom. The third-order valence-corrected chi connectivity index (χ3v) is 2.13. The van der Waals surface area contributed by atoms with Crippen LogP contribution in [0.2, 0.25) is 0 Å². The number of hydrogen-bond donors (Lipinski definition) is 1. The molecule has 0 unspecified atom stereocenters. The van der Waals surface area contributed by atoms with Gasteiger partial charge in [-0.2, -0.15) is 0 Å². The second-order valence-corrected chi connectivity index (χ2v) is 3.28. The highest BCUT2D eigenvalue weighted by Gasteiger charge is 2.10. The van der Waals surface area contributed by atoms with Crippen molar-refractivity contribution in [1.29, 1.82) is 0 Å². The molecule has 0 saturated carbocycles. The van der Waals surface area contributed by atoms with Crippen LogP contribution in [0.25, 0.3) is 0 Å². The second kappa shape index (κ2) is 4.81. The molecule has 1 N–H and O–H groups in total. The van der Waals surface area contributed by atoms with Crippen LogP contribution in [0, 0.1) is 6.92 Å². The maximum Gasteiger partial charge on any atom is 0.236 e. The Morgan fingerprint density at radius 2 is 2.36 bits per heavy atom. The fourth-order valence-electron chi connectivity index (χ4n) is 1.21. The molecule has 0 fully saturated rings. The van der Waals surface area contributed by atoms with E-state index in [0.717, 1.165) is 11.3 Å². The summed E-state index contributed by atoms with van der Waals surface area (Å²) in [4.78, 5) is 13.1. The minimum absolute atomic E-state index is 0.0769. The van der Waals surface area contributed by atoms with Gasteiger partial charge in [0.25, 0.3) is 0 Å². The second-order valence-electron chi connectivity index (χ2n) is 3.28. The van der Waals surface area contributed by atoms with Crippen molar-refractivity contribution in [3.63, 3.8) is 0 Å². The standard InChI is InChI=1S/C10H16N2O2/c1-8-9(4-5-14-8)7-12(3)10(13)6-11-2/h4-5,11H,6-7H2,1-3H3. The SMILES string of the molecule is CNCC(=O)N(C)Cc1ccoc1C. The Morgan fingerprint density at radius 1 is 1.64 bits per heavy atom. The summed E-state index contributed by atoms with van der Waals surface area (Å²) in [7, 11) is 3.54. The zero-order chi connectivity index (χ0) is 10.6. The van der Waals surface area contributed by atoms with E-state index < -0.39 is 0 Å². The molecule has 0 atom stereocenters. The Hall–Kier alpha value is -1.29. The first-order chi connectivity index (χ1) is 6.65. The Bertz CT molecular complexity index is 307. The molecular weight excluding hydrogens is 180 g/mol. The topological polar surface area (TPSA) is 45.5 Å². The van der Waals surface area contributed by atoms with Crippen LogP contribution in [0.15, 0.2) is 16.7 Å². The van der Waals surface area contributed by atoms with Gasteiger partial charge in [-0.25, -0.2) is 0 Å². The fraction of sp³-hybridized carbons (Fsp3) is 0.500. The summed E-state index contributed by atoms with van der Waals surface area (Å²) >= 11 is 0. The van der Waals surface area contributed by atoms with E-state index >= 15 is 0 Å². The smallest absolute Gasteiger partial charge is 0.236 e. The normalized spacial score (nSPS) is 10.2. The van der Waals surface area contributed by atoms with Crippen molar-refractivity contribution in [2.45, 2.75) is 13.5 Å². The molecule has 1 amide bonds. The third kappa shape index (κ3) is 2.60. The van der Waals surface area contributed by atoms with Gasteiger partial charge in [-0.1, -0.05) is 0 Å². The lowest BCUT2D eigenvalue weighted by molar-refractivity contribution is -0.129. The van der Waals surface area contributed by atoms with Gasteiger partial charge in [-0.15, -0.1) is 0 Å². The minimum Gasteiger partial charge on any atom is -0.469 e. The van der Waals surface area contributed by atoms with E-state index in [2.05, 4.69) is 5.32 Å². The highest BCUT2D eigenvalue weighted by Crippen LogP contribution is 2.10. The van der Waals surface area contributed by atoms with Crippen LogP contribution in [0.3, 0.4) is 0 Å². The molecule has 0 radical (unpaired) electrons. The molecular formula is C10H16N2O2. The predicted molar refractivity (Wildman–Crippen MR) is 53.8 cm³/mol. The first-order valence-corrected chi connectivity index (χ1v) is 4.56. The Balaban J connectivity index is 2.52. The summed E-state index contributed by atoms with van der Waals surface area (Å²) in [5.41, 5.74) is 1.05. The van der Waals surface area contributed by atoms with Crippen LogP contribution in [-0.4, -0.2) is 31.4 Å². The van der Waals surface area contributed by atoms with Gasteiger partial charge in [-0.05, 0) is 20.0 Å². The van der Waals surface area contributed by atoms with Crippen molar-refractivity contribution < 1.29 is 9.21 Å². The predicted octanol–water partition coefficient (Wildman–Crippen LogP) is 0.766. The molecule has 1 heterocycles. The molecule has 0 bridgehead atoms. The van der Waals surface area contributed by atoms with E-state index in [0.29, 0.717) is 13.1 Å². The third-order valence-electron chi connectivity index (χ3n) is 2.13. The van der Waals surface area contributed by atoms with Crippen molar-refractivity contribution in [1.82, 2.24) is 10.2 Å². The zero-order valence-electron chi connectivity index (χ0n) is 8.83. The fourth-order valence-corrected chi connectivity index (χ4v) is 1.21. The number of carbonyl (C=O) groups is 1. The molecule has 0 aliphatic carbocycles. The van der Waals surface area contributed by atoms with Crippen molar-refractivity contribution >= 4 is 5.91 Å². The molecule has 0 spiro atoms. The van der Waals surface area contributed by atoms with Crippen LogP contribution in [0.1, 0.15) is 11.3 Å². The van der Waals surface area contributed by atoms with E-state index in [1.165, 1.54) is 0 Å². The van der Waals surface area contributed by atoms with Gasteiger partial charge in [0.1, 0.15) is 5.76 Å². The van der Waals surface area contributed by atoms with Gasteiger partial charge in [0.15, 0.2) is 0 Å². The van der Waals surface area contributed by atoms with E-state index in [1.807, 2.05) is 13.0 Å². The summed E-state index contributed by atoms with van der Waals surface area (Å²) < 4.78 is 5.15. The summed E-state index contributed by atoms with van der Waals surface area (Å²) in [6.07, 6.45) is 1.64. The number of rotatable bonds is 4. The number of furan rings is 1. The summed E-state index contributed by atoms with van der Waals surface area (Å²) in [5.74, 6) is 0.946. The van der Waals surface area contributed by atoms with Crippen molar-refractivity contribution in [3.8, 4) is 0 Å². The van der Waals surface area contributed by atoms with Crippen LogP contribution in [0.5, 0.6) is 0 Å². The molecule has 78 valence electrons. The summed E-state index contributed by atoms with van der Waals surface area (Å²) in [6.45, 7) is 2.86. The van der Waals surface area contributed by atoms with E-state index in [1.54, 1.807) is 25.3 Å². The molecule has 1 aromatic heterocycles. The molecule has 1 aromatic rings. The average Bonchev–Trinajstić information content (AvgIpc) is 2.52. The number of hydrogen-bond acceptors (Lipinski definition) is 3. The number of carbonyl (C=O) groups excluding carboxylic acids is 1. The molecule has 0 saturated heterocycles. The quantitative estimate of drug-likeness (QED) is 0.773. The van der Waals surface area contributed by atoms with E-state index in [-0.39, 0.29) is 5.91 Å². The summed E-state index contributed by atoms with van der Waals surface area (Å²) in [6, 6.07) is 1.89. The van der Waals surface area contributed by atoms with Crippen LogP contribution in [0.4, 0.5) is 0 Å². The molecule has 0 aromatic carbocycles. The first kappa shape index (κ1) is 10.8. The Labute approximate surface area is 83.9 Å². The average molecular weight is 196 g/mol. The lowest BCUT2D eigenvalue weighted by atomic mass is 10.2. The van der Waals surface area contributed by atoms with E-state index in [4.69, 9.17) is 4.42 Å². The van der Waals surface area contributed by atoms with Crippen molar-refractivity contribution in [3.05, 3.63) is 23.7 Å². The van der Waals surface area contributed by atoms with Crippen molar-refractivity contribution in [2.75, 3.05) is 20.6 Å². The van der Waals surface area contributed by atoms with Gasteiger partial charge >= 0.3 is 0 Å². The highest BCUT2D eigenvalue weighted by atomic mass is 16.3. The highest BCUT2D eigenvalue weighted by molar-refractivity contribution is 5.77. The monoisotopic (exact) mass is 196 g/mol. The van der Waals surface area contributed by atoms with Gasteiger partial charge in [0, 0.05) is 19.2 Å². The number of amides is 1. The minimum atomic E-state index is 0.0769. The number of likely N-dealkylation sites (N-methyl/N-ethyl adjacent to an activating group) is 2. The number of aryl methyl sites for hydroxylation is 1. The van der Waals surface area contributed by atoms with Gasteiger partial charge in [-0.3, -0.25) is 4.79 Å². The van der Waals surface area contributed by atoms with Gasteiger partial charge < -0.3 is 14.6 Å². The number of nitrogens with zero attached hydrogens (tertiary/aromatic N) is 1. The Kier molecular flexibility index (Phi) is 3.71. The molecule has 0 aliphatic rings. The molecule has 14 heavy (non-hydrogen) atoms. The van der Waals surface area contributed by atoms with Crippen LogP contribution < -0.4 is 5.32 Å². The zero-order valence-corrected chi connectivity index (χ0v) is 8.83. The maximum atomic E-state index is 11.4. The molecule has 4 nitrogen and oxygen atoms in total. The van der Waals surface area contributed by atoms with E-state index in [9.17, 15) is 4.79 Å². The van der Waals surface area contributed by atoms with Gasteiger partial charge in [0.05, 0.1) is 12.8 Å². The van der Waals surface area contributed by atoms with Crippen LogP contribution in [-0.2, 0) is 11.3 Å². The van der Waals surface area contributed by atoms with Crippen LogP contribution >= 0.6 is 0 Å². The van der Waals surface area contributed by atoms with Gasteiger partial charge in [0.2, 0.25) is 5.91 Å².